The van der Waals surface area contributed by atoms with Crippen LogP contribution in [-0.2, 0) is 19.1 Å². The molecule has 1 saturated carbocycles. The van der Waals surface area contributed by atoms with E-state index < -0.39 is 5.92 Å². The van der Waals surface area contributed by atoms with Gasteiger partial charge < -0.3 is 9.47 Å². The van der Waals surface area contributed by atoms with Crippen LogP contribution in [0.25, 0.3) is 0 Å². The van der Waals surface area contributed by atoms with Crippen molar-refractivity contribution < 1.29 is 19.1 Å². The van der Waals surface area contributed by atoms with E-state index in [2.05, 4.69) is 20.8 Å². The molecule has 0 spiro atoms. The van der Waals surface area contributed by atoms with Gasteiger partial charge in [0, 0.05) is 12.5 Å². The average molecular weight is 322 g/mol. The van der Waals surface area contributed by atoms with E-state index in [9.17, 15) is 9.59 Å². The minimum atomic E-state index is -0.682. The van der Waals surface area contributed by atoms with Crippen molar-refractivity contribution in [2.45, 2.75) is 59.5 Å². The van der Waals surface area contributed by atoms with Crippen molar-refractivity contribution in [2.75, 3.05) is 7.11 Å². The van der Waals surface area contributed by atoms with Crippen LogP contribution in [0.1, 0.15) is 53.4 Å². The molecule has 4 nitrogen and oxygen atoms in total. The van der Waals surface area contributed by atoms with Crippen molar-refractivity contribution in [3.05, 3.63) is 11.8 Å². The van der Waals surface area contributed by atoms with E-state index in [0.717, 1.165) is 12.8 Å². The summed E-state index contributed by atoms with van der Waals surface area (Å²) in [4.78, 5) is 24.9. The maximum Gasteiger partial charge on any atom is 0.317 e. The molecular formula is C19H30O4. The molecule has 2 aliphatic rings. The Morgan fingerprint density at radius 3 is 2.52 bits per heavy atom. The molecule has 0 amide bonds. The smallest absolute Gasteiger partial charge is 0.317 e. The van der Waals surface area contributed by atoms with Crippen LogP contribution in [0.4, 0.5) is 0 Å². The Labute approximate surface area is 139 Å². The Bertz CT molecular complexity index is 480. The Hall–Kier alpha value is -1.32. The van der Waals surface area contributed by atoms with Crippen LogP contribution >= 0.6 is 0 Å². The number of carbonyl (C=O) groups excluding carboxylic acids is 2. The number of hydrogen-bond acceptors (Lipinski definition) is 4. The fourth-order valence-corrected chi connectivity index (χ4v) is 3.99. The predicted octanol–water partition coefficient (Wildman–Crippen LogP) is 3.75. The third-order valence-corrected chi connectivity index (χ3v) is 5.45. The van der Waals surface area contributed by atoms with E-state index in [1.807, 2.05) is 6.92 Å². The van der Waals surface area contributed by atoms with Crippen LogP contribution in [0.2, 0.25) is 0 Å². The zero-order valence-corrected chi connectivity index (χ0v) is 15.0. The summed E-state index contributed by atoms with van der Waals surface area (Å²) in [6, 6.07) is 0. The second-order valence-electron chi connectivity index (χ2n) is 7.68. The topological polar surface area (TPSA) is 52.6 Å². The van der Waals surface area contributed by atoms with Gasteiger partial charge in [0.15, 0.2) is 5.78 Å². The fraction of sp³-hybridized carbons (Fsp3) is 0.789. The highest BCUT2D eigenvalue weighted by atomic mass is 16.5. The number of carbonyl (C=O) groups is 2. The molecular weight excluding hydrogens is 292 g/mol. The SMILES string of the molecule is COC1=CC(=O)[C@H](C(=O)O[C@@H]2CC(C)CC[C@H]2C(C)C)[C@@H](C)C1. The minimum absolute atomic E-state index is 0.0564. The molecule has 130 valence electrons. The van der Waals surface area contributed by atoms with E-state index in [-0.39, 0.29) is 23.8 Å². The normalized spacial score (nSPS) is 35.0. The molecule has 2 aliphatic carbocycles. The van der Waals surface area contributed by atoms with E-state index in [1.165, 1.54) is 12.5 Å². The molecule has 4 heteroatoms. The lowest BCUT2D eigenvalue weighted by molar-refractivity contribution is -0.164. The standard InChI is InChI=1S/C19H30O4/c1-11(2)15-7-6-12(3)8-17(15)23-19(21)18-13(4)9-14(22-5)10-16(18)20/h10-13,15,17-18H,6-9H2,1-5H3/t12?,13-,15-,17+,18+/m0/s1. The van der Waals surface area contributed by atoms with E-state index in [4.69, 9.17) is 9.47 Å². The maximum absolute atomic E-state index is 12.6. The van der Waals surface area contributed by atoms with Crippen LogP contribution in [0.5, 0.6) is 0 Å². The van der Waals surface area contributed by atoms with Crippen molar-refractivity contribution in [1.29, 1.82) is 0 Å². The molecule has 0 aromatic rings. The molecule has 23 heavy (non-hydrogen) atoms. The number of ether oxygens (including phenoxy) is 2. The van der Waals surface area contributed by atoms with Gasteiger partial charge in [-0.25, -0.2) is 0 Å². The van der Waals surface area contributed by atoms with Gasteiger partial charge in [-0.2, -0.15) is 0 Å². The first-order valence-electron chi connectivity index (χ1n) is 8.82. The molecule has 0 aliphatic heterocycles. The summed E-state index contributed by atoms with van der Waals surface area (Å²) in [7, 11) is 1.56. The van der Waals surface area contributed by atoms with Gasteiger partial charge in [-0.1, -0.05) is 34.1 Å². The summed E-state index contributed by atoms with van der Waals surface area (Å²) in [6.45, 7) is 8.49. The Balaban J connectivity index is 2.08. The number of esters is 1. The molecule has 5 atom stereocenters. The highest BCUT2D eigenvalue weighted by Gasteiger charge is 2.40. The van der Waals surface area contributed by atoms with Crippen molar-refractivity contribution in [2.24, 2.45) is 29.6 Å². The first-order valence-corrected chi connectivity index (χ1v) is 8.82. The molecule has 2 rings (SSSR count). The fourth-order valence-electron chi connectivity index (χ4n) is 3.99. The number of allylic oxidation sites excluding steroid dienone is 2. The number of methoxy groups -OCH3 is 1. The molecule has 0 N–H and O–H groups in total. The van der Waals surface area contributed by atoms with Gasteiger partial charge in [0.1, 0.15) is 12.0 Å². The summed E-state index contributed by atoms with van der Waals surface area (Å²) in [6.07, 6.45) is 5.20. The van der Waals surface area contributed by atoms with Crippen molar-refractivity contribution >= 4 is 11.8 Å². The summed E-state index contributed by atoms with van der Waals surface area (Å²) in [5.74, 6) is 0.816. The minimum Gasteiger partial charge on any atom is -0.501 e. The first kappa shape index (κ1) is 18.0. The zero-order valence-electron chi connectivity index (χ0n) is 15.0. The van der Waals surface area contributed by atoms with Gasteiger partial charge in [-0.3, -0.25) is 9.59 Å². The van der Waals surface area contributed by atoms with Crippen molar-refractivity contribution in [1.82, 2.24) is 0 Å². The largest absolute Gasteiger partial charge is 0.501 e. The number of hydrogen-bond donors (Lipinski definition) is 0. The molecule has 0 heterocycles. The second-order valence-corrected chi connectivity index (χ2v) is 7.68. The van der Waals surface area contributed by atoms with Gasteiger partial charge in [0.25, 0.3) is 0 Å². The lowest BCUT2D eigenvalue weighted by Gasteiger charge is -2.37. The molecule has 0 bridgehead atoms. The van der Waals surface area contributed by atoms with Gasteiger partial charge in [0.05, 0.1) is 12.9 Å². The predicted molar refractivity (Wildman–Crippen MR) is 88.6 cm³/mol. The maximum atomic E-state index is 12.6. The van der Waals surface area contributed by atoms with Crippen LogP contribution in [0.15, 0.2) is 11.8 Å². The molecule has 1 unspecified atom stereocenters. The van der Waals surface area contributed by atoms with Gasteiger partial charge in [0.2, 0.25) is 0 Å². The average Bonchev–Trinajstić information content (AvgIpc) is 2.45. The quantitative estimate of drug-likeness (QED) is 0.584. The van der Waals surface area contributed by atoms with E-state index in [0.29, 0.717) is 29.9 Å². The van der Waals surface area contributed by atoms with E-state index >= 15 is 0 Å². The molecule has 0 aromatic heterocycles. The van der Waals surface area contributed by atoms with Gasteiger partial charge in [-0.15, -0.1) is 0 Å². The molecule has 1 fully saturated rings. The molecule has 0 radical (unpaired) electrons. The third kappa shape index (κ3) is 4.15. The number of ketones is 1. The summed E-state index contributed by atoms with van der Waals surface area (Å²) in [5, 5.41) is 0. The molecule has 0 saturated heterocycles. The lowest BCUT2D eigenvalue weighted by Crippen LogP contribution is -2.41. The van der Waals surface area contributed by atoms with Crippen LogP contribution in [0, 0.1) is 29.6 Å². The van der Waals surface area contributed by atoms with Crippen molar-refractivity contribution in [3.63, 3.8) is 0 Å². The lowest BCUT2D eigenvalue weighted by atomic mass is 9.75. The van der Waals surface area contributed by atoms with Gasteiger partial charge in [-0.05, 0) is 36.5 Å². The Kier molecular flexibility index (Phi) is 5.88. The van der Waals surface area contributed by atoms with Crippen LogP contribution in [0.3, 0.4) is 0 Å². The molecule has 0 aromatic carbocycles. The first-order chi connectivity index (χ1) is 10.8. The van der Waals surface area contributed by atoms with Crippen LogP contribution < -0.4 is 0 Å². The summed E-state index contributed by atoms with van der Waals surface area (Å²) < 4.78 is 11.0. The Morgan fingerprint density at radius 1 is 1.26 bits per heavy atom. The van der Waals surface area contributed by atoms with Gasteiger partial charge >= 0.3 is 5.97 Å². The second kappa shape index (κ2) is 7.50. The zero-order chi connectivity index (χ0) is 17.1. The van der Waals surface area contributed by atoms with Crippen molar-refractivity contribution in [3.8, 4) is 0 Å². The monoisotopic (exact) mass is 322 g/mol. The highest BCUT2D eigenvalue weighted by molar-refractivity contribution is 6.06. The Morgan fingerprint density at radius 2 is 1.96 bits per heavy atom. The van der Waals surface area contributed by atoms with E-state index in [1.54, 1.807) is 7.11 Å². The summed E-state index contributed by atoms with van der Waals surface area (Å²) >= 11 is 0. The highest BCUT2D eigenvalue weighted by Crippen LogP contribution is 2.37. The number of rotatable bonds is 4. The third-order valence-electron chi connectivity index (χ3n) is 5.45. The van der Waals surface area contributed by atoms with Crippen LogP contribution in [-0.4, -0.2) is 25.0 Å². The summed E-state index contributed by atoms with van der Waals surface area (Å²) in [5.41, 5.74) is 0.